The molecule has 1 aromatic heterocycles. The van der Waals surface area contributed by atoms with E-state index in [4.69, 9.17) is 4.74 Å². The zero-order valence-electron chi connectivity index (χ0n) is 16.4. The predicted molar refractivity (Wildman–Crippen MR) is 100.0 cm³/mol. The Labute approximate surface area is 155 Å². The number of nitrogens with one attached hydrogen (secondary N) is 2. The van der Waals surface area contributed by atoms with Crippen molar-refractivity contribution in [2.75, 3.05) is 18.4 Å². The van der Waals surface area contributed by atoms with Gasteiger partial charge in [-0.3, -0.25) is 9.48 Å². The molecule has 0 aromatic carbocycles. The van der Waals surface area contributed by atoms with Crippen molar-refractivity contribution in [3.63, 3.8) is 0 Å². The first-order chi connectivity index (χ1) is 12.2. The molecule has 1 aliphatic heterocycles. The Morgan fingerprint density at radius 2 is 1.88 bits per heavy atom. The van der Waals surface area contributed by atoms with Crippen molar-refractivity contribution in [1.82, 2.24) is 20.0 Å². The third-order valence-corrected chi connectivity index (χ3v) is 4.94. The standard InChI is InChI=1S/C18H31N5O3/c1-6-18(5,7-2)21-17(25)20-15-8-19-23(11-15)12-16(24)22-9-13(3)26-14(4)10-22/h8,11,13-14H,6-7,9-10,12H2,1-5H3,(H2,20,21,25). The average Bonchev–Trinajstić information content (AvgIpc) is 3.00. The normalized spacial score (nSPS) is 20.7. The van der Waals surface area contributed by atoms with E-state index in [1.54, 1.807) is 22.0 Å². The Kier molecular flexibility index (Phi) is 6.63. The molecule has 2 N–H and O–H groups in total. The van der Waals surface area contributed by atoms with Gasteiger partial charge in [-0.1, -0.05) is 13.8 Å². The fraction of sp³-hybridized carbons (Fsp3) is 0.722. The minimum Gasteiger partial charge on any atom is -0.372 e. The first kappa shape index (κ1) is 20.2. The number of carbonyl (C=O) groups excluding carboxylic acids is 2. The number of nitrogens with zero attached hydrogens (tertiary/aromatic N) is 3. The summed E-state index contributed by atoms with van der Waals surface area (Å²) >= 11 is 0. The lowest BCUT2D eigenvalue weighted by Gasteiger charge is -2.35. The summed E-state index contributed by atoms with van der Waals surface area (Å²) < 4.78 is 7.20. The Morgan fingerprint density at radius 1 is 1.27 bits per heavy atom. The van der Waals surface area contributed by atoms with Crippen molar-refractivity contribution >= 4 is 17.6 Å². The average molecular weight is 365 g/mol. The van der Waals surface area contributed by atoms with E-state index in [1.165, 1.54) is 0 Å². The van der Waals surface area contributed by atoms with Crippen LogP contribution in [0.3, 0.4) is 0 Å². The highest BCUT2D eigenvalue weighted by Crippen LogP contribution is 2.15. The van der Waals surface area contributed by atoms with Gasteiger partial charge in [-0.05, 0) is 33.6 Å². The van der Waals surface area contributed by atoms with Crippen LogP contribution in [-0.2, 0) is 16.1 Å². The summed E-state index contributed by atoms with van der Waals surface area (Å²) in [6, 6.07) is -0.266. The Bertz CT molecular complexity index is 616. The Balaban J connectivity index is 1.89. The molecule has 1 saturated heterocycles. The fourth-order valence-electron chi connectivity index (χ4n) is 3.00. The first-order valence-electron chi connectivity index (χ1n) is 9.29. The molecule has 3 amide bonds. The van der Waals surface area contributed by atoms with Crippen LogP contribution in [0.1, 0.15) is 47.5 Å². The SMILES string of the molecule is CCC(C)(CC)NC(=O)Nc1cnn(CC(=O)N2CC(C)OC(C)C2)c1. The molecule has 1 fully saturated rings. The van der Waals surface area contributed by atoms with Gasteiger partial charge in [-0.2, -0.15) is 5.10 Å². The summed E-state index contributed by atoms with van der Waals surface area (Å²) in [7, 11) is 0. The van der Waals surface area contributed by atoms with Gasteiger partial charge in [0.25, 0.3) is 0 Å². The molecule has 8 heteroatoms. The van der Waals surface area contributed by atoms with Gasteiger partial charge in [0.05, 0.1) is 24.1 Å². The second-order valence-corrected chi connectivity index (χ2v) is 7.33. The number of anilines is 1. The molecule has 8 nitrogen and oxygen atoms in total. The van der Waals surface area contributed by atoms with Crippen LogP contribution in [0.15, 0.2) is 12.4 Å². The molecule has 2 rings (SSSR count). The largest absolute Gasteiger partial charge is 0.372 e. The fourth-order valence-corrected chi connectivity index (χ4v) is 3.00. The third kappa shape index (κ3) is 5.45. The topological polar surface area (TPSA) is 88.5 Å². The molecule has 0 aliphatic carbocycles. The molecule has 0 radical (unpaired) electrons. The van der Waals surface area contributed by atoms with E-state index in [0.29, 0.717) is 18.8 Å². The van der Waals surface area contributed by atoms with Crippen molar-refractivity contribution < 1.29 is 14.3 Å². The van der Waals surface area contributed by atoms with E-state index in [1.807, 2.05) is 34.6 Å². The van der Waals surface area contributed by atoms with Crippen molar-refractivity contribution in [2.24, 2.45) is 0 Å². The molecule has 0 spiro atoms. The van der Waals surface area contributed by atoms with Crippen LogP contribution in [0.5, 0.6) is 0 Å². The smallest absolute Gasteiger partial charge is 0.319 e. The van der Waals surface area contributed by atoms with Crippen LogP contribution < -0.4 is 10.6 Å². The van der Waals surface area contributed by atoms with Gasteiger partial charge in [0.1, 0.15) is 6.54 Å². The molecule has 0 saturated carbocycles. The number of ether oxygens (including phenoxy) is 1. The molecule has 2 heterocycles. The first-order valence-corrected chi connectivity index (χ1v) is 9.29. The summed E-state index contributed by atoms with van der Waals surface area (Å²) in [5, 5.41) is 9.93. The summed E-state index contributed by atoms with van der Waals surface area (Å²) in [5.74, 6) is -0.00403. The van der Waals surface area contributed by atoms with E-state index in [2.05, 4.69) is 15.7 Å². The van der Waals surface area contributed by atoms with Crippen LogP contribution in [-0.4, -0.2) is 57.5 Å². The van der Waals surface area contributed by atoms with Crippen LogP contribution in [0.25, 0.3) is 0 Å². The Morgan fingerprint density at radius 3 is 2.46 bits per heavy atom. The highest BCUT2D eigenvalue weighted by molar-refractivity contribution is 5.89. The molecule has 2 atom stereocenters. The van der Waals surface area contributed by atoms with Gasteiger partial charge in [0.15, 0.2) is 0 Å². The number of carbonyl (C=O) groups is 2. The maximum atomic E-state index is 12.5. The second-order valence-electron chi connectivity index (χ2n) is 7.33. The van der Waals surface area contributed by atoms with E-state index >= 15 is 0 Å². The molecule has 0 bridgehead atoms. The van der Waals surface area contributed by atoms with Gasteiger partial charge in [-0.15, -0.1) is 0 Å². The van der Waals surface area contributed by atoms with Crippen LogP contribution in [0.4, 0.5) is 10.5 Å². The lowest BCUT2D eigenvalue weighted by Crippen LogP contribution is -2.49. The molecular formula is C18H31N5O3. The highest BCUT2D eigenvalue weighted by Gasteiger charge is 2.26. The minimum absolute atomic E-state index is 0.00403. The molecule has 1 aliphatic rings. The summed E-state index contributed by atoms with van der Waals surface area (Å²) in [5.41, 5.74) is 0.327. The van der Waals surface area contributed by atoms with Crippen LogP contribution in [0.2, 0.25) is 0 Å². The molecule has 26 heavy (non-hydrogen) atoms. The Hall–Kier alpha value is -2.09. The zero-order valence-corrected chi connectivity index (χ0v) is 16.4. The molecule has 1 aromatic rings. The van der Waals surface area contributed by atoms with Crippen molar-refractivity contribution in [2.45, 2.75) is 71.8 Å². The minimum atomic E-state index is -0.266. The van der Waals surface area contributed by atoms with Crippen molar-refractivity contribution in [3.8, 4) is 0 Å². The summed E-state index contributed by atoms with van der Waals surface area (Å²) in [6.07, 6.45) is 4.98. The van der Waals surface area contributed by atoms with Crippen LogP contribution in [0, 0.1) is 0 Å². The molecule has 146 valence electrons. The van der Waals surface area contributed by atoms with Gasteiger partial charge < -0.3 is 20.3 Å². The number of hydrogen-bond donors (Lipinski definition) is 2. The van der Waals surface area contributed by atoms with Gasteiger partial charge >= 0.3 is 6.03 Å². The lowest BCUT2D eigenvalue weighted by molar-refractivity contribution is -0.144. The highest BCUT2D eigenvalue weighted by atomic mass is 16.5. The number of aromatic nitrogens is 2. The van der Waals surface area contributed by atoms with Gasteiger partial charge in [-0.25, -0.2) is 4.79 Å². The van der Waals surface area contributed by atoms with Crippen molar-refractivity contribution in [3.05, 3.63) is 12.4 Å². The molecule has 2 unspecified atom stereocenters. The predicted octanol–water partition coefficient (Wildman–Crippen LogP) is 2.22. The maximum absolute atomic E-state index is 12.5. The van der Waals surface area contributed by atoms with Gasteiger partial charge in [0, 0.05) is 24.8 Å². The monoisotopic (exact) mass is 365 g/mol. The lowest BCUT2D eigenvalue weighted by atomic mass is 9.96. The van der Waals surface area contributed by atoms with E-state index in [9.17, 15) is 9.59 Å². The van der Waals surface area contributed by atoms with E-state index in [0.717, 1.165) is 12.8 Å². The number of morpholine rings is 1. The second kappa shape index (κ2) is 8.53. The van der Waals surface area contributed by atoms with Crippen molar-refractivity contribution in [1.29, 1.82) is 0 Å². The maximum Gasteiger partial charge on any atom is 0.319 e. The molecular weight excluding hydrogens is 334 g/mol. The number of amides is 3. The number of hydrogen-bond acceptors (Lipinski definition) is 4. The van der Waals surface area contributed by atoms with Gasteiger partial charge in [0.2, 0.25) is 5.91 Å². The van der Waals surface area contributed by atoms with E-state index < -0.39 is 0 Å². The number of urea groups is 1. The number of rotatable bonds is 6. The summed E-state index contributed by atoms with van der Waals surface area (Å²) in [4.78, 5) is 26.4. The summed E-state index contributed by atoms with van der Waals surface area (Å²) in [6.45, 7) is 11.3. The third-order valence-electron chi connectivity index (χ3n) is 4.94. The van der Waals surface area contributed by atoms with E-state index in [-0.39, 0.29) is 36.2 Å². The zero-order chi connectivity index (χ0) is 19.3. The van der Waals surface area contributed by atoms with Crippen LogP contribution >= 0.6 is 0 Å². The quantitative estimate of drug-likeness (QED) is 0.809.